The molecule has 0 aliphatic carbocycles. The summed E-state index contributed by atoms with van der Waals surface area (Å²) in [6.45, 7) is 13.1. The van der Waals surface area contributed by atoms with Crippen molar-refractivity contribution in [2.45, 2.75) is 41.2 Å². The van der Waals surface area contributed by atoms with E-state index in [1.54, 1.807) is 0 Å². The van der Waals surface area contributed by atoms with Crippen molar-refractivity contribution in [3.63, 3.8) is 0 Å². The van der Waals surface area contributed by atoms with Crippen LogP contribution in [0.15, 0.2) is 30.3 Å². The maximum absolute atomic E-state index is 3.54. The zero-order chi connectivity index (χ0) is 14.7. The predicted molar refractivity (Wildman–Crippen MR) is 86.5 cm³/mol. The molecule has 0 fully saturated rings. The van der Waals surface area contributed by atoms with E-state index >= 15 is 0 Å². The van der Waals surface area contributed by atoms with Gasteiger partial charge in [0, 0.05) is 23.6 Å². The Morgan fingerprint density at radius 1 is 1.10 bits per heavy atom. The molecule has 0 spiro atoms. The van der Waals surface area contributed by atoms with Gasteiger partial charge in [-0.3, -0.25) is 0 Å². The molecule has 2 heteroatoms. The van der Waals surface area contributed by atoms with Crippen LogP contribution < -0.4 is 5.32 Å². The van der Waals surface area contributed by atoms with Crippen LogP contribution in [-0.4, -0.2) is 11.1 Å². The molecule has 0 bridgehead atoms. The average molecular weight is 270 g/mol. The Labute approximate surface area is 122 Å². The lowest BCUT2D eigenvalue weighted by Gasteiger charge is -2.13. The number of rotatable bonds is 5. The van der Waals surface area contributed by atoms with E-state index in [0.717, 1.165) is 13.1 Å². The van der Waals surface area contributed by atoms with Crippen LogP contribution in [0.2, 0.25) is 0 Å². The van der Waals surface area contributed by atoms with Crippen LogP contribution in [0, 0.1) is 26.7 Å². The highest BCUT2D eigenvalue weighted by Crippen LogP contribution is 2.23. The van der Waals surface area contributed by atoms with Crippen LogP contribution in [0.5, 0.6) is 0 Å². The standard InChI is InChI=1S/C18H26N2/c1-13(2)11-19-12-17-10-15(4)20(16(17)5)18-9-7-6-8-14(18)3/h6-10,13,19H,11-12H2,1-5H3. The monoisotopic (exact) mass is 270 g/mol. The predicted octanol–water partition coefficient (Wildman–Crippen LogP) is 4.15. The van der Waals surface area contributed by atoms with E-state index in [4.69, 9.17) is 0 Å². The van der Waals surface area contributed by atoms with Gasteiger partial charge in [-0.2, -0.15) is 0 Å². The van der Waals surface area contributed by atoms with Gasteiger partial charge in [0.25, 0.3) is 0 Å². The molecule has 0 atom stereocenters. The number of hydrogen-bond acceptors (Lipinski definition) is 1. The van der Waals surface area contributed by atoms with Crippen molar-refractivity contribution in [1.82, 2.24) is 9.88 Å². The molecule has 1 N–H and O–H groups in total. The third-order valence-electron chi connectivity index (χ3n) is 3.76. The first kappa shape index (κ1) is 14.9. The van der Waals surface area contributed by atoms with E-state index in [1.165, 1.54) is 28.2 Å². The summed E-state index contributed by atoms with van der Waals surface area (Å²) in [7, 11) is 0. The Kier molecular flexibility index (Phi) is 4.66. The highest BCUT2D eigenvalue weighted by atomic mass is 15.0. The second-order valence-electron chi connectivity index (χ2n) is 6.04. The zero-order valence-electron chi connectivity index (χ0n) is 13.3. The molecule has 0 amide bonds. The van der Waals surface area contributed by atoms with Gasteiger partial charge >= 0.3 is 0 Å². The summed E-state index contributed by atoms with van der Waals surface area (Å²) in [5.41, 5.74) is 6.64. The van der Waals surface area contributed by atoms with Crippen LogP contribution in [0.4, 0.5) is 0 Å². The SMILES string of the molecule is Cc1ccccc1-n1c(C)cc(CNCC(C)C)c1C. The van der Waals surface area contributed by atoms with E-state index in [0.29, 0.717) is 5.92 Å². The van der Waals surface area contributed by atoms with Gasteiger partial charge in [-0.25, -0.2) is 0 Å². The Hall–Kier alpha value is -1.54. The number of hydrogen-bond donors (Lipinski definition) is 1. The van der Waals surface area contributed by atoms with E-state index in [-0.39, 0.29) is 0 Å². The maximum atomic E-state index is 3.54. The molecule has 2 nitrogen and oxygen atoms in total. The molecule has 0 saturated heterocycles. The molecular weight excluding hydrogens is 244 g/mol. The second kappa shape index (κ2) is 6.27. The van der Waals surface area contributed by atoms with E-state index in [2.05, 4.69) is 74.8 Å². The number of para-hydroxylation sites is 1. The number of benzene rings is 1. The van der Waals surface area contributed by atoms with Crippen molar-refractivity contribution < 1.29 is 0 Å². The number of nitrogens with one attached hydrogen (secondary N) is 1. The summed E-state index contributed by atoms with van der Waals surface area (Å²) in [6, 6.07) is 10.9. The van der Waals surface area contributed by atoms with Gasteiger partial charge in [0.2, 0.25) is 0 Å². The Bertz CT molecular complexity index is 579. The number of aromatic nitrogens is 1. The van der Waals surface area contributed by atoms with Gasteiger partial charge in [-0.1, -0.05) is 32.0 Å². The third kappa shape index (κ3) is 3.13. The lowest BCUT2D eigenvalue weighted by Crippen LogP contribution is -2.19. The normalized spacial score (nSPS) is 11.3. The van der Waals surface area contributed by atoms with Crippen LogP contribution >= 0.6 is 0 Å². The van der Waals surface area contributed by atoms with E-state index in [9.17, 15) is 0 Å². The maximum Gasteiger partial charge on any atom is 0.0484 e. The molecular formula is C18H26N2. The summed E-state index contributed by atoms with van der Waals surface area (Å²) in [4.78, 5) is 0. The first-order chi connectivity index (χ1) is 9.50. The average Bonchev–Trinajstić information content (AvgIpc) is 2.65. The van der Waals surface area contributed by atoms with Gasteiger partial charge in [0.05, 0.1) is 0 Å². The smallest absolute Gasteiger partial charge is 0.0484 e. The minimum Gasteiger partial charge on any atom is -0.318 e. The zero-order valence-corrected chi connectivity index (χ0v) is 13.3. The van der Waals surface area contributed by atoms with Gasteiger partial charge in [0.15, 0.2) is 0 Å². The fraction of sp³-hybridized carbons (Fsp3) is 0.444. The minimum absolute atomic E-state index is 0.690. The molecule has 0 unspecified atom stereocenters. The molecule has 1 heterocycles. The fourth-order valence-electron chi connectivity index (χ4n) is 2.69. The molecule has 2 aromatic rings. The minimum atomic E-state index is 0.690. The van der Waals surface area contributed by atoms with Gasteiger partial charge in [-0.15, -0.1) is 0 Å². The molecule has 20 heavy (non-hydrogen) atoms. The van der Waals surface area contributed by atoms with Crippen molar-refractivity contribution in [3.05, 3.63) is 52.8 Å². The first-order valence-corrected chi connectivity index (χ1v) is 7.45. The Morgan fingerprint density at radius 2 is 1.80 bits per heavy atom. The third-order valence-corrected chi connectivity index (χ3v) is 3.76. The topological polar surface area (TPSA) is 17.0 Å². The highest BCUT2D eigenvalue weighted by Gasteiger charge is 2.11. The summed E-state index contributed by atoms with van der Waals surface area (Å²) < 4.78 is 2.36. The number of aryl methyl sites for hydroxylation is 2. The van der Waals surface area contributed by atoms with Crippen LogP contribution in [0.3, 0.4) is 0 Å². The van der Waals surface area contributed by atoms with Gasteiger partial charge < -0.3 is 9.88 Å². The molecule has 0 saturated carbocycles. The van der Waals surface area contributed by atoms with Crippen LogP contribution in [0.1, 0.15) is 36.4 Å². The number of nitrogens with zero attached hydrogens (tertiary/aromatic N) is 1. The second-order valence-corrected chi connectivity index (χ2v) is 6.04. The quantitative estimate of drug-likeness (QED) is 0.863. The summed E-state index contributed by atoms with van der Waals surface area (Å²) in [5.74, 6) is 0.690. The van der Waals surface area contributed by atoms with E-state index in [1.807, 2.05) is 0 Å². The summed E-state index contributed by atoms with van der Waals surface area (Å²) >= 11 is 0. The Balaban J connectivity index is 2.28. The van der Waals surface area contributed by atoms with Crippen LogP contribution in [-0.2, 0) is 6.54 Å². The van der Waals surface area contributed by atoms with Crippen molar-refractivity contribution in [2.24, 2.45) is 5.92 Å². The first-order valence-electron chi connectivity index (χ1n) is 7.45. The molecule has 108 valence electrons. The lowest BCUT2D eigenvalue weighted by molar-refractivity contribution is 0.551. The van der Waals surface area contributed by atoms with E-state index < -0.39 is 0 Å². The fourth-order valence-corrected chi connectivity index (χ4v) is 2.69. The lowest BCUT2D eigenvalue weighted by atomic mass is 10.2. The summed E-state index contributed by atoms with van der Waals surface area (Å²) in [6.07, 6.45) is 0. The van der Waals surface area contributed by atoms with Crippen molar-refractivity contribution >= 4 is 0 Å². The Morgan fingerprint density at radius 3 is 2.45 bits per heavy atom. The molecule has 1 aromatic carbocycles. The van der Waals surface area contributed by atoms with Crippen molar-refractivity contribution in [1.29, 1.82) is 0 Å². The molecule has 0 aliphatic rings. The molecule has 0 radical (unpaired) electrons. The van der Waals surface area contributed by atoms with Gasteiger partial charge in [0.1, 0.15) is 0 Å². The highest BCUT2D eigenvalue weighted by molar-refractivity contribution is 5.46. The van der Waals surface area contributed by atoms with Crippen molar-refractivity contribution in [3.8, 4) is 5.69 Å². The summed E-state index contributed by atoms with van der Waals surface area (Å²) in [5, 5.41) is 3.54. The molecule has 1 aromatic heterocycles. The molecule has 0 aliphatic heterocycles. The van der Waals surface area contributed by atoms with Crippen LogP contribution in [0.25, 0.3) is 5.69 Å². The van der Waals surface area contributed by atoms with Gasteiger partial charge in [-0.05, 0) is 56.5 Å². The van der Waals surface area contributed by atoms with Crippen molar-refractivity contribution in [2.75, 3.05) is 6.54 Å². The largest absolute Gasteiger partial charge is 0.318 e. The molecule has 2 rings (SSSR count).